The zero-order valence-electron chi connectivity index (χ0n) is 50.7. The van der Waals surface area contributed by atoms with Crippen molar-refractivity contribution in [3.05, 3.63) is 113 Å². The van der Waals surface area contributed by atoms with Gasteiger partial charge in [-0.15, -0.1) is 18.1 Å². The van der Waals surface area contributed by atoms with Crippen LogP contribution < -0.4 is 42.6 Å². The van der Waals surface area contributed by atoms with E-state index in [1.165, 1.54) is 53.6 Å². The van der Waals surface area contributed by atoms with Gasteiger partial charge in [-0.05, 0) is 67.3 Å². The summed E-state index contributed by atoms with van der Waals surface area (Å²) in [6, 6.07) is 11.3. The van der Waals surface area contributed by atoms with Crippen LogP contribution in [0.1, 0.15) is 92.9 Å². The lowest BCUT2D eigenvalue weighted by Gasteiger charge is -2.25. The molecular formula is C58H70N14O19P2+2. The minimum Gasteiger partial charge on any atom is -0.474 e. The van der Waals surface area contributed by atoms with Gasteiger partial charge >= 0.3 is 28.6 Å². The topological polar surface area (TPSA) is 438 Å². The Morgan fingerprint density at radius 2 is 1.62 bits per heavy atom. The molecule has 2 aromatic carbocycles. The van der Waals surface area contributed by atoms with E-state index in [4.69, 9.17) is 38.0 Å². The van der Waals surface area contributed by atoms with E-state index in [1.807, 2.05) is 0 Å². The van der Waals surface area contributed by atoms with E-state index in [9.17, 15) is 57.4 Å². The summed E-state index contributed by atoms with van der Waals surface area (Å²) in [7, 11) is -4.29. The number of primary amides is 1. The number of carbonyl (C=O) groups excluding carboxylic acids is 8. The molecular weight excluding hydrogens is 1260 g/mol. The summed E-state index contributed by atoms with van der Waals surface area (Å²) in [5.74, 6) is -3.99. The van der Waals surface area contributed by atoms with Crippen molar-refractivity contribution in [2.45, 2.75) is 127 Å². The van der Waals surface area contributed by atoms with Crippen molar-refractivity contribution in [1.82, 2.24) is 55.2 Å². The summed E-state index contributed by atoms with van der Waals surface area (Å²) < 4.78 is 68.2. The third-order valence-electron chi connectivity index (χ3n) is 15.5. The molecule has 4 aliphatic rings. The molecule has 2 saturated heterocycles. The van der Waals surface area contributed by atoms with Crippen molar-refractivity contribution in [2.24, 2.45) is 17.6 Å². The largest absolute Gasteiger partial charge is 0.697 e. The summed E-state index contributed by atoms with van der Waals surface area (Å²) >= 11 is 0. The van der Waals surface area contributed by atoms with Crippen LogP contribution in [0.15, 0.2) is 90.4 Å². The number of hydrogen-bond acceptors (Lipinski definition) is 23. The number of ether oxygens (including phenoxy) is 3. The van der Waals surface area contributed by atoms with E-state index in [1.54, 1.807) is 62.4 Å². The van der Waals surface area contributed by atoms with Crippen LogP contribution in [-0.4, -0.2) is 168 Å². The number of fused-ring (bicyclic) bond motifs is 4. The predicted molar refractivity (Wildman–Crippen MR) is 325 cm³/mol. The third-order valence-corrected chi connectivity index (χ3v) is 17.0. The van der Waals surface area contributed by atoms with Gasteiger partial charge in [-0.25, -0.2) is 24.5 Å². The van der Waals surface area contributed by atoms with E-state index in [0.717, 1.165) is 4.90 Å². The van der Waals surface area contributed by atoms with Crippen molar-refractivity contribution in [2.75, 3.05) is 44.0 Å². The number of nitrogens with zero attached hydrogens (tertiary/aromatic N) is 7. The minimum atomic E-state index is -2.96. The normalized spacial score (nSPS) is 22.0. The van der Waals surface area contributed by atoms with Crippen LogP contribution >= 0.6 is 16.5 Å². The SMILES string of the molecule is CC(C)[C@H](NC(=O)CCCCCN1C(=O)C=CC1=O)C(=O)N[C@@H](CCCNC(N)=O)C(=O)Nc1ccc(COC(=O)N(C)Cc2ccccc2C(=O)Nc2nc3c(ncn3[C@@H]3O[C@@H]4CO[P+](=O)O[C@H]5C[C@H](Oc6ccncn6)C[C@@H]5CO[P+](=O)O[C@@H]3[C@@H]4O)c(=O)[nH]2)cc1. The van der Waals surface area contributed by atoms with E-state index < -0.39 is 119 Å². The van der Waals surface area contributed by atoms with Crippen LogP contribution in [0.4, 0.5) is 21.2 Å². The standard InChI is InChI=1S/C58H68N14O19P2/c1-32(2)46(66-42(73)13-5-4-8-23-71-44(74)18-19-45(71)75)53(79)65-39(12-9-21-61-56(59)81)52(78)64-36-16-14-33(15-17-36)27-85-58(82)70(3)26-34-10-6-7-11-38(34)51(77)68-57-67-50-47(54(80)69-57)63-31-72(50)55-49-48(76)41(89-55)29-87-92(83)90-40-25-37(88-43-20-22-60-30-62-43)24-35(40)28-86-93(84)91-49/h6-7,10-11,14-20,22,30-32,35,37,39-41,46,48-49,55,76H,4-5,8-9,12-13,21,23-29H2,1-3H3,(H6-2,59,61,64,65,66,67,68,69,73,77,78,79,80,81)/p+2/t35-,37-,39+,40+,41-,46+,48-,49-,55-/m1/s1. The van der Waals surface area contributed by atoms with Crippen molar-refractivity contribution in [3.63, 3.8) is 0 Å². The maximum absolute atomic E-state index is 14.0. The van der Waals surface area contributed by atoms with Crippen LogP contribution in [0, 0.1) is 11.8 Å². The Kier molecular flexibility index (Phi) is 23.5. The van der Waals surface area contributed by atoms with Crippen LogP contribution in [0.25, 0.3) is 11.2 Å². The number of rotatable bonds is 25. The maximum atomic E-state index is 14.0. The maximum Gasteiger partial charge on any atom is 0.697 e. The Morgan fingerprint density at radius 3 is 2.37 bits per heavy atom. The number of nitrogens with two attached hydrogens (primary N) is 1. The average molecular weight is 1330 g/mol. The quantitative estimate of drug-likeness (QED) is 0.0235. The van der Waals surface area contributed by atoms with Crippen molar-refractivity contribution < 1.29 is 84.9 Å². The van der Waals surface area contributed by atoms with E-state index in [0.29, 0.717) is 48.4 Å². The molecule has 11 atom stereocenters. The number of aromatic amines is 1. The first-order chi connectivity index (χ1) is 44.7. The number of imide groups is 1. The number of amides is 9. The summed E-state index contributed by atoms with van der Waals surface area (Å²) in [5.41, 5.74) is 5.38. The highest BCUT2D eigenvalue weighted by molar-refractivity contribution is 7.33. The van der Waals surface area contributed by atoms with E-state index in [-0.39, 0.29) is 98.9 Å². The number of unbranched alkanes of at least 4 members (excludes halogenated alkanes) is 2. The number of anilines is 2. The Bertz CT molecular complexity index is 3650. The number of imidazole rings is 1. The molecule has 9 rings (SSSR count). The second-order valence-corrected chi connectivity index (χ2v) is 24.4. The number of aliphatic hydroxyl groups excluding tert-OH is 1. The third kappa shape index (κ3) is 18.4. The second kappa shape index (κ2) is 32.0. The van der Waals surface area contributed by atoms with Crippen LogP contribution in [0.3, 0.4) is 0 Å². The van der Waals surface area contributed by atoms with Crippen LogP contribution in [0.5, 0.6) is 5.88 Å². The van der Waals surface area contributed by atoms with Crippen molar-refractivity contribution in [1.29, 1.82) is 0 Å². The molecule has 1 aliphatic carbocycles. The van der Waals surface area contributed by atoms with Gasteiger partial charge in [-0.3, -0.25) is 53.3 Å². The van der Waals surface area contributed by atoms with Gasteiger partial charge in [0.2, 0.25) is 29.5 Å². The molecule has 6 heterocycles. The van der Waals surface area contributed by atoms with Crippen molar-refractivity contribution in [3.8, 4) is 5.88 Å². The lowest BCUT2D eigenvalue weighted by Crippen LogP contribution is -2.54. The summed E-state index contributed by atoms with van der Waals surface area (Å²) in [6.07, 6.45) is 1.39. The average Bonchev–Trinajstić information content (AvgIpc) is 1.62. The fourth-order valence-corrected chi connectivity index (χ4v) is 12.3. The van der Waals surface area contributed by atoms with Gasteiger partial charge < -0.3 is 51.2 Å². The van der Waals surface area contributed by atoms with Gasteiger partial charge in [0, 0.05) is 90.2 Å². The Balaban J connectivity index is 0.772. The van der Waals surface area contributed by atoms with Gasteiger partial charge in [0.25, 0.3) is 23.3 Å². The number of H-pyrrole nitrogens is 1. The molecule has 9 N–H and O–H groups in total. The molecule has 3 aliphatic heterocycles. The van der Waals surface area contributed by atoms with Gasteiger partial charge in [0.1, 0.15) is 62.6 Å². The molecule has 494 valence electrons. The number of urea groups is 1. The molecule has 0 spiro atoms. The molecule has 35 heteroatoms. The highest BCUT2D eigenvalue weighted by Gasteiger charge is 2.54. The van der Waals surface area contributed by atoms with Crippen molar-refractivity contribution >= 4 is 86.9 Å². The zero-order chi connectivity index (χ0) is 66.3. The van der Waals surface area contributed by atoms with Gasteiger partial charge in [-0.2, -0.15) is 4.98 Å². The summed E-state index contributed by atoms with van der Waals surface area (Å²) in [4.78, 5) is 138. The lowest BCUT2D eigenvalue weighted by atomic mass is 10.0. The first-order valence-corrected chi connectivity index (χ1v) is 32.0. The van der Waals surface area contributed by atoms with E-state index in [2.05, 4.69) is 51.5 Å². The molecule has 3 aromatic heterocycles. The Morgan fingerprint density at radius 1 is 0.871 bits per heavy atom. The number of aromatic nitrogens is 6. The highest BCUT2D eigenvalue weighted by Crippen LogP contribution is 2.45. The second-order valence-electron chi connectivity index (χ2n) is 22.5. The highest BCUT2D eigenvalue weighted by atomic mass is 31.1. The smallest absolute Gasteiger partial charge is 0.474 e. The first-order valence-electron chi connectivity index (χ1n) is 29.8. The predicted octanol–water partition coefficient (Wildman–Crippen LogP) is 3.68. The molecule has 2 bridgehead atoms. The lowest BCUT2D eigenvalue weighted by molar-refractivity contribution is -0.137. The molecule has 2 unspecified atom stereocenters. The molecule has 33 nitrogen and oxygen atoms in total. The fourth-order valence-electron chi connectivity index (χ4n) is 10.6. The van der Waals surface area contributed by atoms with Gasteiger partial charge in [-0.1, -0.05) is 50.6 Å². The fraction of sp³-hybridized carbons (Fsp3) is 0.466. The van der Waals surface area contributed by atoms with Gasteiger partial charge in [0.05, 0.1) is 6.33 Å². The number of aliphatic hydroxyl groups is 1. The summed E-state index contributed by atoms with van der Waals surface area (Å²) in [6.45, 7) is 2.81. The number of benzene rings is 2. The molecule has 0 radical (unpaired) electrons. The zero-order valence-corrected chi connectivity index (χ0v) is 52.4. The number of nitrogens with one attached hydrogen (secondary N) is 6. The number of hydrogen-bond donors (Lipinski definition) is 8. The first kappa shape index (κ1) is 68.3. The Hall–Kier alpha value is -9.07. The van der Waals surface area contributed by atoms with E-state index >= 15 is 0 Å². The summed E-state index contributed by atoms with van der Waals surface area (Å²) in [5, 5.41) is 24.7. The molecule has 93 heavy (non-hydrogen) atoms. The monoisotopic (exact) mass is 1330 g/mol. The molecule has 9 amide bonds. The molecule has 3 fully saturated rings. The minimum absolute atomic E-state index is 0.0762. The van der Waals surface area contributed by atoms with Gasteiger partial charge in [0.15, 0.2) is 23.5 Å². The van der Waals surface area contributed by atoms with Crippen LogP contribution in [-0.2, 0) is 73.8 Å². The number of carbonyl (C=O) groups is 8. The van der Waals surface area contributed by atoms with Crippen LogP contribution in [0.2, 0.25) is 0 Å². The molecule has 5 aromatic rings. The molecule has 1 saturated carbocycles. The Labute approximate surface area is 532 Å².